The summed E-state index contributed by atoms with van der Waals surface area (Å²) in [5, 5.41) is 9.42. The third kappa shape index (κ3) is 4.23. The van der Waals surface area contributed by atoms with Crippen molar-refractivity contribution in [3.8, 4) is 11.4 Å². The minimum atomic E-state index is -0.461. The van der Waals surface area contributed by atoms with E-state index in [1.807, 2.05) is 24.8 Å². The summed E-state index contributed by atoms with van der Waals surface area (Å²) in [6.07, 6.45) is 3.38. The summed E-state index contributed by atoms with van der Waals surface area (Å²) < 4.78 is 5.15. The van der Waals surface area contributed by atoms with Crippen molar-refractivity contribution < 1.29 is 14.1 Å². The van der Waals surface area contributed by atoms with Gasteiger partial charge in [-0.3, -0.25) is 19.5 Å². The van der Waals surface area contributed by atoms with Crippen molar-refractivity contribution in [1.82, 2.24) is 30.7 Å². The van der Waals surface area contributed by atoms with Crippen molar-refractivity contribution in [3.05, 3.63) is 30.4 Å². The van der Waals surface area contributed by atoms with Gasteiger partial charge in [0.25, 0.3) is 0 Å². The van der Waals surface area contributed by atoms with Gasteiger partial charge < -0.3 is 15.2 Å². The van der Waals surface area contributed by atoms with E-state index in [9.17, 15) is 9.59 Å². The summed E-state index contributed by atoms with van der Waals surface area (Å²) in [5.74, 6) is 0.363. The van der Waals surface area contributed by atoms with E-state index in [1.165, 1.54) is 0 Å². The Balaban J connectivity index is 1.55. The van der Waals surface area contributed by atoms with Crippen molar-refractivity contribution in [3.63, 3.8) is 0 Å². The highest BCUT2D eigenvalue weighted by Crippen LogP contribution is 2.14. The Labute approximate surface area is 151 Å². The quantitative estimate of drug-likeness (QED) is 0.766. The summed E-state index contributed by atoms with van der Waals surface area (Å²) >= 11 is 0. The van der Waals surface area contributed by atoms with Gasteiger partial charge in [-0.2, -0.15) is 4.98 Å². The van der Waals surface area contributed by atoms with E-state index in [-0.39, 0.29) is 30.8 Å². The van der Waals surface area contributed by atoms with Gasteiger partial charge in [0.2, 0.25) is 23.5 Å². The molecule has 0 aromatic carbocycles. The van der Waals surface area contributed by atoms with Crippen molar-refractivity contribution in [2.45, 2.75) is 38.9 Å². The standard InChI is InChI=1S/C17H22N6O3/c1-11(2)23-7-6-19-17(25)13(23)8-14(24)20-10-15-21-16(22-26-15)12-4-3-5-18-9-12/h3-5,9,11,13H,6-8,10H2,1-2H3,(H,19,25)(H,20,24)/t13-/m0/s1. The number of amides is 2. The molecule has 138 valence electrons. The maximum absolute atomic E-state index is 12.3. The van der Waals surface area contributed by atoms with E-state index in [0.717, 1.165) is 12.1 Å². The molecule has 1 saturated heterocycles. The highest BCUT2D eigenvalue weighted by atomic mass is 16.5. The molecular formula is C17H22N6O3. The molecule has 0 aliphatic carbocycles. The molecule has 3 rings (SSSR count). The topological polar surface area (TPSA) is 113 Å². The Bertz CT molecular complexity index is 761. The Morgan fingerprint density at radius 1 is 1.50 bits per heavy atom. The van der Waals surface area contributed by atoms with E-state index in [4.69, 9.17) is 4.52 Å². The first-order chi connectivity index (χ1) is 12.5. The van der Waals surface area contributed by atoms with Gasteiger partial charge >= 0.3 is 0 Å². The molecule has 1 aliphatic rings. The highest BCUT2D eigenvalue weighted by Gasteiger charge is 2.32. The van der Waals surface area contributed by atoms with Gasteiger partial charge in [-0.15, -0.1) is 0 Å². The molecule has 1 atom stereocenters. The molecule has 0 radical (unpaired) electrons. The third-order valence-electron chi connectivity index (χ3n) is 4.24. The zero-order chi connectivity index (χ0) is 18.5. The van der Waals surface area contributed by atoms with Crippen LogP contribution in [0.5, 0.6) is 0 Å². The average Bonchev–Trinajstić information content (AvgIpc) is 3.11. The number of rotatable bonds is 6. The maximum atomic E-state index is 12.3. The van der Waals surface area contributed by atoms with Crippen LogP contribution >= 0.6 is 0 Å². The maximum Gasteiger partial charge on any atom is 0.246 e. The minimum absolute atomic E-state index is 0.0909. The van der Waals surface area contributed by atoms with Crippen LogP contribution in [0.4, 0.5) is 0 Å². The lowest BCUT2D eigenvalue weighted by Gasteiger charge is -2.37. The second kappa shape index (κ2) is 8.05. The van der Waals surface area contributed by atoms with Gasteiger partial charge in [0.1, 0.15) is 0 Å². The van der Waals surface area contributed by atoms with Crippen LogP contribution < -0.4 is 10.6 Å². The smallest absolute Gasteiger partial charge is 0.246 e. The van der Waals surface area contributed by atoms with Gasteiger partial charge in [0, 0.05) is 37.1 Å². The lowest BCUT2D eigenvalue weighted by Crippen LogP contribution is -2.58. The van der Waals surface area contributed by atoms with Gasteiger partial charge in [-0.1, -0.05) is 5.16 Å². The van der Waals surface area contributed by atoms with Gasteiger partial charge in [0.05, 0.1) is 19.0 Å². The predicted octanol–water partition coefficient (Wildman–Crippen LogP) is 0.347. The molecule has 3 heterocycles. The van der Waals surface area contributed by atoms with Crippen LogP contribution in [0.3, 0.4) is 0 Å². The Kier molecular flexibility index (Phi) is 5.57. The van der Waals surface area contributed by atoms with Crippen molar-refractivity contribution >= 4 is 11.8 Å². The van der Waals surface area contributed by atoms with Crippen LogP contribution in [-0.2, 0) is 16.1 Å². The molecule has 1 fully saturated rings. The fourth-order valence-corrected chi connectivity index (χ4v) is 2.92. The molecule has 26 heavy (non-hydrogen) atoms. The van der Waals surface area contributed by atoms with Crippen LogP contribution in [0.15, 0.2) is 29.0 Å². The molecule has 2 aromatic heterocycles. The summed E-state index contributed by atoms with van der Waals surface area (Å²) in [6.45, 7) is 5.49. The van der Waals surface area contributed by atoms with E-state index in [0.29, 0.717) is 18.3 Å². The Morgan fingerprint density at radius 3 is 3.08 bits per heavy atom. The molecule has 0 bridgehead atoms. The second-order valence-electron chi connectivity index (χ2n) is 6.37. The number of carbonyl (C=O) groups excluding carboxylic acids is 2. The van der Waals surface area contributed by atoms with Gasteiger partial charge in [-0.25, -0.2) is 0 Å². The first-order valence-electron chi connectivity index (χ1n) is 8.57. The van der Waals surface area contributed by atoms with Crippen molar-refractivity contribution in [2.24, 2.45) is 0 Å². The van der Waals surface area contributed by atoms with Gasteiger partial charge in [0.15, 0.2) is 0 Å². The van der Waals surface area contributed by atoms with E-state index >= 15 is 0 Å². The molecule has 2 N–H and O–H groups in total. The molecule has 0 saturated carbocycles. The number of carbonyl (C=O) groups is 2. The predicted molar refractivity (Wildman–Crippen MR) is 92.6 cm³/mol. The van der Waals surface area contributed by atoms with Crippen LogP contribution in [0, 0.1) is 0 Å². The number of piperazine rings is 1. The zero-order valence-corrected chi connectivity index (χ0v) is 14.8. The van der Waals surface area contributed by atoms with Crippen LogP contribution in [0.25, 0.3) is 11.4 Å². The number of nitrogens with zero attached hydrogens (tertiary/aromatic N) is 4. The number of pyridine rings is 1. The summed E-state index contributed by atoms with van der Waals surface area (Å²) in [6, 6.07) is 3.33. The largest absolute Gasteiger partial charge is 0.353 e. The van der Waals surface area contributed by atoms with Gasteiger partial charge in [-0.05, 0) is 26.0 Å². The molecule has 9 heteroatoms. The fourth-order valence-electron chi connectivity index (χ4n) is 2.92. The molecule has 2 amide bonds. The van der Waals surface area contributed by atoms with Crippen LogP contribution in [0.2, 0.25) is 0 Å². The first-order valence-corrected chi connectivity index (χ1v) is 8.57. The Morgan fingerprint density at radius 2 is 2.35 bits per heavy atom. The van der Waals surface area contributed by atoms with E-state index in [1.54, 1.807) is 18.5 Å². The van der Waals surface area contributed by atoms with Crippen molar-refractivity contribution in [2.75, 3.05) is 13.1 Å². The monoisotopic (exact) mass is 358 g/mol. The molecular weight excluding hydrogens is 336 g/mol. The SMILES string of the molecule is CC(C)N1CCNC(=O)[C@@H]1CC(=O)NCc1nc(-c2cccnc2)no1. The van der Waals surface area contributed by atoms with Crippen molar-refractivity contribution in [1.29, 1.82) is 0 Å². The minimum Gasteiger partial charge on any atom is -0.353 e. The third-order valence-corrected chi connectivity index (χ3v) is 4.24. The summed E-state index contributed by atoms with van der Waals surface area (Å²) in [5.41, 5.74) is 0.736. The van der Waals surface area contributed by atoms with Crippen LogP contribution in [0.1, 0.15) is 26.2 Å². The summed E-state index contributed by atoms with van der Waals surface area (Å²) in [4.78, 5) is 34.6. The number of hydrogen-bond donors (Lipinski definition) is 2. The number of aromatic nitrogens is 3. The second-order valence-corrected chi connectivity index (χ2v) is 6.37. The molecule has 1 aliphatic heterocycles. The van der Waals surface area contributed by atoms with E-state index in [2.05, 4.69) is 25.8 Å². The normalized spacial score (nSPS) is 18.0. The first kappa shape index (κ1) is 18.0. The zero-order valence-electron chi connectivity index (χ0n) is 14.8. The lowest BCUT2D eigenvalue weighted by molar-refractivity contribution is -0.134. The molecule has 0 unspecified atom stereocenters. The molecule has 9 nitrogen and oxygen atoms in total. The number of hydrogen-bond acceptors (Lipinski definition) is 7. The van der Waals surface area contributed by atoms with Crippen LogP contribution in [-0.4, -0.2) is 57.0 Å². The average molecular weight is 358 g/mol. The molecule has 2 aromatic rings. The summed E-state index contributed by atoms with van der Waals surface area (Å²) in [7, 11) is 0. The van der Waals surface area contributed by atoms with E-state index < -0.39 is 6.04 Å². The highest BCUT2D eigenvalue weighted by molar-refractivity contribution is 5.88. The lowest BCUT2D eigenvalue weighted by atomic mass is 10.1. The molecule has 0 spiro atoms. The number of nitrogens with one attached hydrogen (secondary N) is 2. The Hall–Kier alpha value is -2.81. The fraction of sp³-hybridized carbons (Fsp3) is 0.471.